The first-order valence-corrected chi connectivity index (χ1v) is 6.85. The Kier molecular flexibility index (Phi) is 4.61. The third kappa shape index (κ3) is 3.37. The maximum atomic E-state index is 11.2. The molecule has 0 fully saturated rings. The van der Waals surface area contributed by atoms with Crippen molar-refractivity contribution in [3.8, 4) is 5.75 Å². The molecule has 1 heterocycles. The summed E-state index contributed by atoms with van der Waals surface area (Å²) < 4.78 is 10.6. The maximum absolute atomic E-state index is 11.2. The van der Waals surface area contributed by atoms with E-state index in [2.05, 4.69) is 13.0 Å². The van der Waals surface area contributed by atoms with Gasteiger partial charge in [0.1, 0.15) is 11.3 Å². The lowest BCUT2D eigenvalue weighted by Crippen LogP contribution is -1.97. The van der Waals surface area contributed by atoms with Gasteiger partial charge in [0.2, 0.25) is 0 Å². The van der Waals surface area contributed by atoms with E-state index in [1.54, 1.807) is 13.2 Å². The fourth-order valence-corrected chi connectivity index (χ4v) is 2.27. The first-order chi connectivity index (χ1) is 9.24. The highest BCUT2D eigenvalue weighted by Crippen LogP contribution is 2.26. The van der Waals surface area contributed by atoms with Crippen LogP contribution >= 0.6 is 0 Å². The van der Waals surface area contributed by atoms with Crippen LogP contribution < -0.4 is 10.4 Å². The molecule has 1 aromatic heterocycles. The average molecular weight is 260 g/mol. The third-order valence-corrected chi connectivity index (χ3v) is 3.32. The topological polar surface area (TPSA) is 39.4 Å². The molecule has 0 atom stereocenters. The van der Waals surface area contributed by atoms with Gasteiger partial charge < -0.3 is 9.15 Å². The number of methoxy groups -OCH3 is 1. The van der Waals surface area contributed by atoms with E-state index in [0.29, 0.717) is 5.58 Å². The Morgan fingerprint density at radius 2 is 2.00 bits per heavy atom. The van der Waals surface area contributed by atoms with Gasteiger partial charge in [-0.1, -0.05) is 26.2 Å². The summed E-state index contributed by atoms with van der Waals surface area (Å²) in [6.07, 6.45) is 5.90. The van der Waals surface area contributed by atoms with E-state index in [9.17, 15) is 4.79 Å². The van der Waals surface area contributed by atoms with E-state index in [4.69, 9.17) is 9.15 Å². The van der Waals surface area contributed by atoms with Crippen LogP contribution in [0.15, 0.2) is 33.5 Å². The minimum absolute atomic E-state index is 0.328. The Labute approximate surface area is 113 Å². The molecule has 0 N–H and O–H groups in total. The SMILES string of the molecule is CCCCCCc1cc2ccc(=O)oc2cc1OC. The molecule has 0 spiro atoms. The monoisotopic (exact) mass is 260 g/mol. The van der Waals surface area contributed by atoms with E-state index >= 15 is 0 Å². The minimum Gasteiger partial charge on any atom is -0.496 e. The number of ether oxygens (including phenoxy) is 1. The molecule has 0 bridgehead atoms. The zero-order valence-corrected chi connectivity index (χ0v) is 11.6. The van der Waals surface area contributed by atoms with E-state index in [-0.39, 0.29) is 5.63 Å². The van der Waals surface area contributed by atoms with Crippen molar-refractivity contribution in [2.24, 2.45) is 0 Å². The molecule has 2 aromatic rings. The fraction of sp³-hybridized carbons (Fsp3) is 0.438. The van der Waals surface area contributed by atoms with Crippen LogP contribution in [0.5, 0.6) is 5.75 Å². The zero-order valence-electron chi connectivity index (χ0n) is 11.6. The molecule has 3 heteroatoms. The van der Waals surface area contributed by atoms with Crippen molar-refractivity contribution in [1.29, 1.82) is 0 Å². The molecular formula is C16H20O3. The van der Waals surface area contributed by atoms with Crippen molar-refractivity contribution in [3.63, 3.8) is 0 Å². The van der Waals surface area contributed by atoms with Gasteiger partial charge in [0.15, 0.2) is 0 Å². The molecular weight excluding hydrogens is 240 g/mol. The van der Waals surface area contributed by atoms with Crippen LogP contribution in [0.3, 0.4) is 0 Å². The second kappa shape index (κ2) is 6.41. The first-order valence-electron chi connectivity index (χ1n) is 6.85. The van der Waals surface area contributed by atoms with E-state index in [0.717, 1.165) is 24.0 Å². The van der Waals surface area contributed by atoms with Crippen molar-refractivity contribution >= 4 is 11.0 Å². The summed E-state index contributed by atoms with van der Waals surface area (Å²) in [6, 6.07) is 7.13. The molecule has 3 nitrogen and oxygen atoms in total. The highest BCUT2D eigenvalue weighted by atomic mass is 16.5. The van der Waals surface area contributed by atoms with Crippen LogP contribution in [-0.4, -0.2) is 7.11 Å². The van der Waals surface area contributed by atoms with Gasteiger partial charge in [-0.2, -0.15) is 0 Å². The molecule has 0 amide bonds. The number of rotatable bonds is 6. The Morgan fingerprint density at radius 1 is 1.16 bits per heavy atom. The number of hydrogen-bond donors (Lipinski definition) is 0. The summed E-state index contributed by atoms with van der Waals surface area (Å²) in [4.78, 5) is 11.2. The molecule has 19 heavy (non-hydrogen) atoms. The Morgan fingerprint density at radius 3 is 2.74 bits per heavy atom. The molecule has 1 aromatic carbocycles. The number of hydrogen-bond acceptors (Lipinski definition) is 3. The molecule has 2 rings (SSSR count). The molecule has 0 radical (unpaired) electrons. The van der Waals surface area contributed by atoms with Crippen molar-refractivity contribution in [2.45, 2.75) is 39.0 Å². The highest BCUT2D eigenvalue weighted by Gasteiger charge is 2.07. The van der Waals surface area contributed by atoms with Crippen molar-refractivity contribution < 1.29 is 9.15 Å². The molecule has 0 saturated heterocycles. The largest absolute Gasteiger partial charge is 0.496 e. The average Bonchev–Trinajstić information content (AvgIpc) is 2.42. The third-order valence-electron chi connectivity index (χ3n) is 3.32. The lowest BCUT2D eigenvalue weighted by Gasteiger charge is -2.09. The number of unbranched alkanes of at least 4 members (excludes halogenated alkanes) is 3. The molecule has 102 valence electrons. The highest BCUT2D eigenvalue weighted by molar-refractivity contribution is 5.79. The van der Waals surface area contributed by atoms with Crippen LogP contribution in [0.1, 0.15) is 38.2 Å². The van der Waals surface area contributed by atoms with Gasteiger partial charge in [-0.05, 0) is 30.5 Å². The van der Waals surface area contributed by atoms with Gasteiger partial charge in [-0.3, -0.25) is 0 Å². The summed E-state index contributed by atoms with van der Waals surface area (Å²) in [5.41, 5.74) is 1.44. The van der Waals surface area contributed by atoms with Crippen LogP contribution in [-0.2, 0) is 6.42 Å². The molecule has 0 unspecified atom stereocenters. The zero-order chi connectivity index (χ0) is 13.7. The van der Waals surface area contributed by atoms with Crippen LogP contribution in [0.4, 0.5) is 0 Å². The summed E-state index contributed by atoms with van der Waals surface area (Å²) in [7, 11) is 1.65. The predicted octanol–water partition coefficient (Wildman–Crippen LogP) is 3.92. The normalized spacial score (nSPS) is 10.8. The van der Waals surface area contributed by atoms with Crippen LogP contribution in [0, 0.1) is 0 Å². The minimum atomic E-state index is -0.328. The summed E-state index contributed by atoms with van der Waals surface area (Å²) in [6.45, 7) is 2.21. The maximum Gasteiger partial charge on any atom is 0.336 e. The number of aryl methyl sites for hydroxylation is 1. The molecule has 0 aliphatic rings. The van der Waals surface area contributed by atoms with E-state index in [1.165, 1.54) is 30.9 Å². The van der Waals surface area contributed by atoms with Gasteiger partial charge in [0.25, 0.3) is 0 Å². The molecule has 0 aliphatic carbocycles. The molecule has 0 aliphatic heterocycles. The Bertz CT molecular complexity index is 598. The van der Waals surface area contributed by atoms with E-state index < -0.39 is 0 Å². The summed E-state index contributed by atoms with van der Waals surface area (Å²) >= 11 is 0. The van der Waals surface area contributed by atoms with Crippen LogP contribution in [0.2, 0.25) is 0 Å². The second-order valence-corrected chi connectivity index (χ2v) is 4.77. The van der Waals surface area contributed by atoms with Gasteiger partial charge in [-0.15, -0.1) is 0 Å². The van der Waals surface area contributed by atoms with Crippen molar-refractivity contribution in [1.82, 2.24) is 0 Å². The number of benzene rings is 1. The van der Waals surface area contributed by atoms with Gasteiger partial charge in [-0.25, -0.2) is 4.79 Å². The van der Waals surface area contributed by atoms with Crippen molar-refractivity contribution in [3.05, 3.63) is 40.2 Å². The van der Waals surface area contributed by atoms with Gasteiger partial charge >= 0.3 is 5.63 Å². The van der Waals surface area contributed by atoms with E-state index in [1.807, 2.05) is 6.07 Å². The first kappa shape index (κ1) is 13.7. The quantitative estimate of drug-likeness (QED) is 0.583. The predicted molar refractivity (Wildman–Crippen MR) is 76.9 cm³/mol. The lowest BCUT2D eigenvalue weighted by atomic mass is 10.0. The summed E-state index contributed by atoms with van der Waals surface area (Å²) in [5, 5.41) is 0.950. The lowest BCUT2D eigenvalue weighted by molar-refractivity contribution is 0.408. The fourth-order valence-electron chi connectivity index (χ4n) is 2.27. The smallest absolute Gasteiger partial charge is 0.336 e. The number of fused-ring (bicyclic) bond motifs is 1. The van der Waals surface area contributed by atoms with Crippen LogP contribution in [0.25, 0.3) is 11.0 Å². The Balaban J connectivity index is 2.26. The Hall–Kier alpha value is -1.77. The molecule has 0 saturated carbocycles. The van der Waals surface area contributed by atoms with Gasteiger partial charge in [0, 0.05) is 17.5 Å². The standard InChI is InChI=1S/C16H20O3/c1-3-4-5-6-7-12-10-13-8-9-16(17)19-15(13)11-14(12)18-2/h8-11H,3-7H2,1-2H3. The van der Waals surface area contributed by atoms with Gasteiger partial charge in [0.05, 0.1) is 7.11 Å². The second-order valence-electron chi connectivity index (χ2n) is 4.77. The summed E-state index contributed by atoms with van der Waals surface area (Å²) in [5.74, 6) is 0.804. The van der Waals surface area contributed by atoms with Crippen molar-refractivity contribution in [2.75, 3.05) is 7.11 Å².